The van der Waals surface area contributed by atoms with E-state index in [0.717, 1.165) is 12.1 Å². The summed E-state index contributed by atoms with van der Waals surface area (Å²) in [6, 6.07) is 12.2. The van der Waals surface area contributed by atoms with Crippen LogP contribution >= 0.6 is 11.8 Å². The fourth-order valence-corrected chi connectivity index (χ4v) is 3.03. The highest BCUT2D eigenvalue weighted by Crippen LogP contribution is 2.30. The number of amidine groups is 1. The number of aromatic hydroxyl groups is 2. The molecular weight excluding hydrogens is 324 g/mol. The first kappa shape index (κ1) is 16.1. The lowest BCUT2D eigenvalue weighted by Crippen LogP contribution is -2.19. The molecule has 0 aliphatic carbocycles. The van der Waals surface area contributed by atoms with E-state index in [1.54, 1.807) is 12.1 Å². The lowest BCUT2D eigenvalue weighted by molar-refractivity contribution is -0.115. The zero-order valence-electron chi connectivity index (χ0n) is 13.0. The SMILES string of the molecule is CCc1ccc(N=C2NC(=O)C(=Cc3ccc(O)c(O)c3)S2)cc1. The Balaban J connectivity index is 1.80. The maximum Gasteiger partial charge on any atom is 0.264 e. The summed E-state index contributed by atoms with van der Waals surface area (Å²) < 4.78 is 0. The zero-order valence-corrected chi connectivity index (χ0v) is 13.8. The monoisotopic (exact) mass is 340 g/mol. The number of carbonyl (C=O) groups excluding carboxylic acids is 1. The minimum Gasteiger partial charge on any atom is -0.504 e. The fourth-order valence-electron chi connectivity index (χ4n) is 2.19. The normalized spacial score (nSPS) is 17.5. The van der Waals surface area contributed by atoms with Gasteiger partial charge < -0.3 is 15.5 Å². The Hall–Kier alpha value is -2.73. The van der Waals surface area contributed by atoms with Crippen LogP contribution in [0.5, 0.6) is 11.5 Å². The van der Waals surface area contributed by atoms with Crippen molar-refractivity contribution in [3.05, 3.63) is 58.5 Å². The van der Waals surface area contributed by atoms with Crippen LogP contribution in [0.3, 0.4) is 0 Å². The van der Waals surface area contributed by atoms with Crippen LogP contribution in [0.15, 0.2) is 52.4 Å². The predicted octanol–water partition coefficient (Wildman–Crippen LogP) is 3.55. The highest BCUT2D eigenvalue weighted by atomic mass is 32.2. The number of nitrogens with one attached hydrogen (secondary N) is 1. The van der Waals surface area contributed by atoms with Crippen molar-refractivity contribution >= 4 is 34.6 Å². The smallest absolute Gasteiger partial charge is 0.264 e. The number of aryl methyl sites for hydroxylation is 1. The second kappa shape index (κ2) is 6.80. The van der Waals surface area contributed by atoms with Gasteiger partial charge in [0.05, 0.1) is 10.6 Å². The lowest BCUT2D eigenvalue weighted by Gasteiger charge is -1.99. The molecule has 24 heavy (non-hydrogen) atoms. The Kier molecular flexibility index (Phi) is 4.57. The summed E-state index contributed by atoms with van der Waals surface area (Å²) in [6.45, 7) is 2.09. The van der Waals surface area contributed by atoms with Crippen LogP contribution in [0.25, 0.3) is 6.08 Å². The van der Waals surface area contributed by atoms with E-state index in [1.165, 1.54) is 29.5 Å². The van der Waals surface area contributed by atoms with Gasteiger partial charge in [-0.05, 0) is 59.7 Å². The van der Waals surface area contributed by atoms with E-state index in [9.17, 15) is 15.0 Å². The van der Waals surface area contributed by atoms with Gasteiger partial charge in [0, 0.05) is 0 Å². The Morgan fingerprint density at radius 1 is 1.12 bits per heavy atom. The molecule has 2 aromatic carbocycles. The predicted molar refractivity (Wildman–Crippen MR) is 96.4 cm³/mol. The molecular formula is C18H16N2O3S. The standard InChI is InChI=1S/C18H16N2O3S/c1-2-11-3-6-13(7-4-11)19-18-20-17(23)16(24-18)10-12-5-8-14(21)15(22)9-12/h3-10,21-22H,2H2,1H3,(H,19,20,23). The quantitative estimate of drug-likeness (QED) is 0.589. The van der Waals surface area contributed by atoms with Crippen LogP contribution in [-0.4, -0.2) is 21.3 Å². The summed E-state index contributed by atoms with van der Waals surface area (Å²) in [6.07, 6.45) is 2.61. The maximum absolute atomic E-state index is 12.0. The number of nitrogens with zero attached hydrogens (tertiary/aromatic N) is 1. The first-order valence-corrected chi connectivity index (χ1v) is 8.27. The molecule has 2 aromatic rings. The van der Waals surface area contributed by atoms with Gasteiger partial charge in [-0.15, -0.1) is 0 Å². The van der Waals surface area contributed by atoms with Gasteiger partial charge in [-0.3, -0.25) is 4.79 Å². The van der Waals surface area contributed by atoms with E-state index in [-0.39, 0.29) is 17.4 Å². The van der Waals surface area contributed by atoms with E-state index >= 15 is 0 Å². The van der Waals surface area contributed by atoms with Crippen LogP contribution < -0.4 is 5.32 Å². The molecule has 6 heteroatoms. The molecule has 1 aliphatic rings. The number of amides is 1. The molecule has 0 aromatic heterocycles. The number of benzene rings is 2. The number of hydrogen-bond acceptors (Lipinski definition) is 5. The Bertz CT molecular complexity index is 842. The maximum atomic E-state index is 12.0. The highest BCUT2D eigenvalue weighted by Gasteiger charge is 2.23. The lowest BCUT2D eigenvalue weighted by atomic mass is 10.2. The van der Waals surface area contributed by atoms with Crippen LogP contribution in [0.1, 0.15) is 18.1 Å². The molecule has 3 rings (SSSR count). The molecule has 1 amide bonds. The third kappa shape index (κ3) is 3.60. The summed E-state index contributed by atoms with van der Waals surface area (Å²) in [5, 5.41) is 22.1. The fraction of sp³-hybridized carbons (Fsp3) is 0.111. The van der Waals surface area contributed by atoms with Crippen LogP contribution in [0.2, 0.25) is 0 Å². The Morgan fingerprint density at radius 2 is 1.88 bits per heavy atom. The van der Waals surface area contributed by atoms with E-state index in [0.29, 0.717) is 15.6 Å². The van der Waals surface area contributed by atoms with Crippen molar-refractivity contribution < 1.29 is 15.0 Å². The number of aliphatic imine (C=N–C) groups is 1. The number of phenols is 2. The molecule has 0 bridgehead atoms. The summed E-state index contributed by atoms with van der Waals surface area (Å²) in [5.41, 5.74) is 2.63. The summed E-state index contributed by atoms with van der Waals surface area (Å²) >= 11 is 1.23. The van der Waals surface area contributed by atoms with Crippen molar-refractivity contribution in [2.24, 2.45) is 4.99 Å². The van der Waals surface area contributed by atoms with Crippen LogP contribution in [0.4, 0.5) is 5.69 Å². The molecule has 0 spiro atoms. The van der Waals surface area contributed by atoms with Crippen LogP contribution in [0, 0.1) is 0 Å². The van der Waals surface area contributed by atoms with Gasteiger partial charge in [0.1, 0.15) is 0 Å². The van der Waals surface area contributed by atoms with E-state index in [1.807, 2.05) is 24.3 Å². The van der Waals surface area contributed by atoms with Crippen LogP contribution in [-0.2, 0) is 11.2 Å². The number of hydrogen-bond donors (Lipinski definition) is 3. The number of rotatable bonds is 3. The van der Waals surface area contributed by atoms with E-state index in [4.69, 9.17) is 0 Å². The molecule has 0 atom stereocenters. The Labute approximate surface area is 143 Å². The van der Waals surface area contributed by atoms with Gasteiger partial charge in [-0.2, -0.15) is 0 Å². The average Bonchev–Trinajstić information content (AvgIpc) is 2.91. The van der Waals surface area contributed by atoms with Gasteiger partial charge in [0.2, 0.25) is 0 Å². The minimum atomic E-state index is -0.239. The van der Waals surface area contributed by atoms with Crippen molar-refractivity contribution in [2.75, 3.05) is 0 Å². The number of carbonyl (C=O) groups is 1. The van der Waals surface area contributed by atoms with Crippen molar-refractivity contribution in [1.29, 1.82) is 0 Å². The molecule has 1 heterocycles. The Morgan fingerprint density at radius 3 is 2.54 bits per heavy atom. The van der Waals surface area contributed by atoms with Gasteiger partial charge in [0.25, 0.3) is 5.91 Å². The second-order valence-electron chi connectivity index (χ2n) is 5.25. The van der Waals surface area contributed by atoms with Gasteiger partial charge in [-0.1, -0.05) is 25.1 Å². The first-order valence-electron chi connectivity index (χ1n) is 7.45. The van der Waals surface area contributed by atoms with Crippen molar-refractivity contribution in [3.8, 4) is 11.5 Å². The molecule has 1 fully saturated rings. The summed E-state index contributed by atoms with van der Waals surface area (Å²) in [5.74, 6) is -0.660. The van der Waals surface area contributed by atoms with E-state index in [2.05, 4.69) is 17.2 Å². The number of phenolic OH excluding ortho intramolecular Hbond substituents is 2. The largest absolute Gasteiger partial charge is 0.504 e. The third-order valence-corrected chi connectivity index (χ3v) is 4.43. The van der Waals surface area contributed by atoms with Gasteiger partial charge in [-0.25, -0.2) is 4.99 Å². The molecule has 1 aliphatic heterocycles. The summed E-state index contributed by atoms with van der Waals surface area (Å²) in [7, 11) is 0. The second-order valence-corrected chi connectivity index (χ2v) is 6.28. The minimum absolute atomic E-state index is 0.196. The van der Waals surface area contributed by atoms with Gasteiger partial charge >= 0.3 is 0 Å². The third-order valence-electron chi connectivity index (χ3n) is 3.52. The van der Waals surface area contributed by atoms with E-state index < -0.39 is 0 Å². The topological polar surface area (TPSA) is 81.9 Å². The molecule has 1 saturated heterocycles. The zero-order chi connectivity index (χ0) is 17.1. The molecule has 0 unspecified atom stereocenters. The van der Waals surface area contributed by atoms with Crippen molar-refractivity contribution in [1.82, 2.24) is 5.32 Å². The number of thioether (sulfide) groups is 1. The average molecular weight is 340 g/mol. The van der Waals surface area contributed by atoms with Gasteiger partial charge in [0.15, 0.2) is 16.7 Å². The van der Waals surface area contributed by atoms with Crippen molar-refractivity contribution in [2.45, 2.75) is 13.3 Å². The molecule has 0 saturated carbocycles. The molecule has 0 radical (unpaired) electrons. The summed E-state index contributed by atoms with van der Waals surface area (Å²) in [4.78, 5) is 16.9. The first-order chi connectivity index (χ1) is 11.5. The molecule has 3 N–H and O–H groups in total. The molecule has 5 nitrogen and oxygen atoms in total. The highest BCUT2D eigenvalue weighted by molar-refractivity contribution is 8.18. The van der Waals surface area contributed by atoms with Crippen molar-refractivity contribution in [3.63, 3.8) is 0 Å². The molecule has 122 valence electrons.